The lowest BCUT2D eigenvalue weighted by atomic mass is 9.82. The summed E-state index contributed by atoms with van der Waals surface area (Å²) in [5.41, 5.74) is -0.691. The number of nitrogens with one attached hydrogen (secondary N) is 3. The maximum atomic E-state index is 13.4. The molecule has 0 bridgehead atoms. The van der Waals surface area contributed by atoms with Gasteiger partial charge >= 0.3 is 6.18 Å². The lowest BCUT2D eigenvalue weighted by Gasteiger charge is -2.30. The number of pyridine rings is 1. The first kappa shape index (κ1) is 40.0. The molecule has 2 aliphatic heterocycles. The fourth-order valence-electron chi connectivity index (χ4n) is 7.85. The highest BCUT2D eigenvalue weighted by Crippen LogP contribution is 2.42. The standard InChI is InChI=1S/C40H42F3N7O6S/c1-39(2,56)24-18-28-30(19-27(24)46-34(52)26-8-5-9-31(45-26)40(41,42)43)57-36(47-28)22-12-10-21(11-13-22)20-49(3)17-16-44-25-7-4-6-23-33(25)38(55)50(37(23)54)29-14-15-32(51)48-35(29)53/h4-9,18-19,21-22,29,44,56H,10-17,20H2,1-3H3,(H,46,52)(H,48,51,53)/t21-,22-,29?. The van der Waals surface area contributed by atoms with Crippen LogP contribution in [-0.2, 0) is 21.4 Å². The van der Waals surface area contributed by atoms with Gasteiger partial charge in [0, 0.05) is 48.9 Å². The number of benzene rings is 2. The van der Waals surface area contributed by atoms with Crippen LogP contribution in [0, 0.1) is 5.92 Å². The lowest BCUT2D eigenvalue weighted by molar-refractivity contribution is -0.141. The molecule has 3 aliphatic rings. The molecule has 2 aromatic carbocycles. The van der Waals surface area contributed by atoms with Crippen molar-refractivity contribution in [1.82, 2.24) is 25.1 Å². The highest BCUT2D eigenvalue weighted by atomic mass is 32.1. The molecule has 300 valence electrons. The highest BCUT2D eigenvalue weighted by molar-refractivity contribution is 7.18. The summed E-state index contributed by atoms with van der Waals surface area (Å²) in [5.74, 6) is -2.33. The van der Waals surface area contributed by atoms with Gasteiger partial charge in [0.2, 0.25) is 11.8 Å². The molecular weight excluding hydrogens is 764 g/mol. The summed E-state index contributed by atoms with van der Waals surface area (Å²) in [7, 11) is 2.04. The summed E-state index contributed by atoms with van der Waals surface area (Å²) in [6.07, 6.45) is -0.741. The quantitative estimate of drug-likeness (QED) is 0.134. The van der Waals surface area contributed by atoms with Gasteiger partial charge in [0.05, 0.1) is 32.0 Å². The minimum absolute atomic E-state index is 0.0521. The number of aromatic nitrogens is 2. The van der Waals surface area contributed by atoms with Crippen molar-refractivity contribution in [2.45, 2.75) is 76.1 Å². The van der Waals surface area contributed by atoms with Crippen molar-refractivity contribution in [2.75, 3.05) is 37.3 Å². The normalized spacial score (nSPS) is 20.3. The summed E-state index contributed by atoms with van der Waals surface area (Å²) < 4.78 is 40.5. The van der Waals surface area contributed by atoms with E-state index in [0.717, 1.165) is 59.0 Å². The Bertz CT molecular complexity index is 2260. The molecule has 4 N–H and O–H groups in total. The Kier molecular flexibility index (Phi) is 10.9. The Morgan fingerprint density at radius 1 is 0.982 bits per heavy atom. The minimum Gasteiger partial charge on any atom is -0.386 e. The molecular formula is C40H42F3N7O6S. The number of halogens is 3. The van der Waals surface area contributed by atoms with Crippen molar-refractivity contribution >= 4 is 62.5 Å². The van der Waals surface area contributed by atoms with Gasteiger partial charge in [-0.3, -0.25) is 34.2 Å². The van der Waals surface area contributed by atoms with Crippen molar-refractivity contribution in [3.8, 4) is 0 Å². The van der Waals surface area contributed by atoms with Gasteiger partial charge in [-0.25, -0.2) is 9.97 Å². The predicted octanol–water partition coefficient (Wildman–Crippen LogP) is 5.91. The Morgan fingerprint density at radius 3 is 2.42 bits per heavy atom. The van der Waals surface area contributed by atoms with Crippen molar-refractivity contribution in [3.05, 3.63) is 81.6 Å². The van der Waals surface area contributed by atoms with E-state index in [1.807, 2.05) is 7.05 Å². The maximum absolute atomic E-state index is 13.4. The number of carbonyl (C=O) groups is 5. The Balaban J connectivity index is 0.939. The van der Waals surface area contributed by atoms with E-state index in [4.69, 9.17) is 4.98 Å². The second-order valence-electron chi connectivity index (χ2n) is 15.4. The first-order valence-corrected chi connectivity index (χ1v) is 19.6. The minimum atomic E-state index is -4.70. The zero-order valence-corrected chi connectivity index (χ0v) is 32.4. The number of amides is 5. The van der Waals surface area contributed by atoms with Gasteiger partial charge in [-0.15, -0.1) is 11.3 Å². The molecule has 4 heterocycles. The number of piperidine rings is 1. The number of fused-ring (bicyclic) bond motifs is 2. The summed E-state index contributed by atoms with van der Waals surface area (Å²) in [4.78, 5) is 75.3. The van der Waals surface area contributed by atoms with Crippen LogP contribution in [0.25, 0.3) is 10.2 Å². The Morgan fingerprint density at radius 2 is 1.72 bits per heavy atom. The van der Waals surface area contributed by atoms with E-state index < -0.39 is 58.7 Å². The van der Waals surface area contributed by atoms with Crippen LogP contribution in [-0.4, -0.2) is 87.1 Å². The summed E-state index contributed by atoms with van der Waals surface area (Å²) in [6.45, 7) is 5.17. The van der Waals surface area contributed by atoms with Crippen LogP contribution in [0.4, 0.5) is 24.5 Å². The molecule has 7 rings (SSSR count). The largest absolute Gasteiger partial charge is 0.433 e. The van der Waals surface area contributed by atoms with Gasteiger partial charge in [-0.1, -0.05) is 12.1 Å². The van der Waals surface area contributed by atoms with Crippen LogP contribution in [0.5, 0.6) is 0 Å². The number of nitrogens with zero attached hydrogens (tertiary/aromatic N) is 4. The van der Waals surface area contributed by atoms with E-state index in [2.05, 4.69) is 25.8 Å². The molecule has 0 spiro atoms. The number of thiazole rings is 1. The summed E-state index contributed by atoms with van der Waals surface area (Å²) >= 11 is 1.50. The highest BCUT2D eigenvalue weighted by Gasteiger charge is 2.45. The molecule has 1 aliphatic carbocycles. The van der Waals surface area contributed by atoms with E-state index >= 15 is 0 Å². The molecule has 1 saturated carbocycles. The van der Waals surface area contributed by atoms with E-state index in [9.17, 15) is 42.3 Å². The lowest BCUT2D eigenvalue weighted by Crippen LogP contribution is -2.54. The van der Waals surface area contributed by atoms with Gasteiger partial charge in [0.25, 0.3) is 17.7 Å². The number of carbonyl (C=O) groups excluding carboxylic acids is 5. The number of alkyl halides is 3. The van der Waals surface area contributed by atoms with Crippen molar-refractivity contribution in [3.63, 3.8) is 0 Å². The predicted molar refractivity (Wildman–Crippen MR) is 206 cm³/mol. The molecule has 0 radical (unpaired) electrons. The number of hydrogen-bond donors (Lipinski definition) is 4. The zero-order valence-electron chi connectivity index (χ0n) is 31.5. The van der Waals surface area contributed by atoms with E-state index in [-0.39, 0.29) is 35.6 Å². The van der Waals surface area contributed by atoms with Gasteiger partial charge in [-0.2, -0.15) is 13.2 Å². The molecule has 2 aromatic heterocycles. The number of anilines is 2. The number of rotatable bonds is 11. The van der Waals surface area contributed by atoms with Gasteiger partial charge in [0.15, 0.2) is 0 Å². The number of hydrogen-bond acceptors (Lipinski definition) is 11. The van der Waals surface area contributed by atoms with Crippen LogP contribution in [0.2, 0.25) is 0 Å². The summed E-state index contributed by atoms with van der Waals surface area (Å²) in [6, 6.07) is 10.5. The van der Waals surface area contributed by atoms with Crippen LogP contribution < -0.4 is 16.0 Å². The van der Waals surface area contributed by atoms with Gasteiger partial charge in [0.1, 0.15) is 17.4 Å². The van der Waals surface area contributed by atoms with Crippen molar-refractivity contribution in [2.24, 2.45) is 5.92 Å². The van der Waals surface area contributed by atoms with E-state index in [1.54, 1.807) is 44.2 Å². The molecule has 17 heteroatoms. The van der Waals surface area contributed by atoms with Crippen molar-refractivity contribution < 1.29 is 42.3 Å². The molecule has 2 fully saturated rings. The van der Waals surface area contributed by atoms with Gasteiger partial charge < -0.3 is 20.6 Å². The maximum Gasteiger partial charge on any atom is 0.433 e. The second-order valence-corrected chi connectivity index (χ2v) is 16.5. The second kappa shape index (κ2) is 15.6. The monoisotopic (exact) mass is 805 g/mol. The average molecular weight is 806 g/mol. The van der Waals surface area contributed by atoms with Crippen molar-refractivity contribution in [1.29, 1.82) is 0 Å². The van der Waals surface area contributed by atoms with E-state index in [0.29, 0.717) is 35.8 Å². The molecule has 1 saturated heterocycles. The Labute approximate surface area is 330 Å². The topological polar surface area (TPSA) is 174 Å². The fourth-order valence-corrected chi connectivity index (χ4v) is 9.01. The van der Waals surface area contributed by atoms with Crippen LogP contribution in [0.15, 0.2) is 48.5 Å². The van der Waals surface area contributed by atoms with E-state index in [1.165, 1.54) is 17.4 Å². The third-order valence-corrected chi connectivity index (χ3v) is 11.9. The third kappa shape index (κ3) is 8.41. The van der Waals surface area contributed by atoms with Crippen LogP contribution in [0.1, 0.15) is 106 Å². The smallest absolute Gasteiger partial charge is 0.386 e. The van der Waals surface area contributed by atoms with Gasteiger partial charge in [-0.05, 0) is 95.3 Å². The number of likely N-dealkylation sites (N-methyl/N-ethyl adjacent to an activating group) is 1. The zero-order chi connectivity index (χ0) is 40.8. The first-order chi connectivity index (χ1) is 27.0. The Hall–Kier alpha value is -5.26. The van der Waals surface area contributed by atoms with Crippen LogP contribution in [0.3, 0.4) is 0 Å². The molecule has 5 amide bonds. The summed E-state index contributed by atoms with van der Waals surface area (Å²) in [5, 5.41) is 20.1. The average Bonchev–Trinajstić information content (AvgIpc) is 3.68. The number of aliphatic hydroxyl groups is 1. The third-order valence-electron chi connectivity index (χ3n) is 10.8. The fraction of sp³-hybridized carbons (Fsp3) is 0.425. The number of imide groups is 2. The molecule has 57 heavy (non-hydrogen) atoms. The first-order valence-electron chi connectivity index (χ1n) is 18.8. The molecule has 4 aromatic rings. The molecule has 13 nitrogen and oxygen atoms in total. The van der Waals surface area contributed by atoms with Crippen LogP contribution >= 0.6 is 11.3 Å². The SMILES string of the molecule is CN(CCNc1cccc2c1C(=O)N(C1CCC(=O)NC1=O)C2=O)C[C@H]1CC[C@H](c2nc3cc(C(C)(C)O)c(NC(=O)c4cccc(C(F)(F)F)n4)cc3s2)CC1. The molecule has 1 unspecified atom stereocenters. The molecule has 1 atom stereocenters.